The molecule has 0 radical (unpaired) electrons. The van der Waals surface area contributed by atoms with Gasteiger partial charge >= 0.3 is 0 Å². The van der Waals surface area contributed by atoms with Crippen LogP contribution in [0.4, 0.5) is 0 Å². The molecule has 0 saturated heterocycles. The van der Waals surface area contributed by atoms with Gasteiger partial charge in [0.2, 0.25) is 5.91 Å². The number of nitrogens with one attached hydrogen (secondary N) is 2. The minimum absolute atomic E-state index is 0.0358. The maximum absolute atomic E-state index is 11.0. The number of carbonyl (C=O) groups excluding carboxylic acids is 1. The summed E-state index contributed by atoms with van der Waals surface area (Å²) in [5.41, 5.74) is 0. The molecule has 4 nitrogen and oxygen atoms in total. The lowest BCUT2D eigenvalue weighted by Gasteiger charge is -2.04. The van der Waals surface area contributed by atoms with Gasteiger partial charge in [-0.3, -0.25) is 4.79 Å². The summed E-state index contributed by atoms with van der Waals surface area (Å²) < 4.78 is 4.80. The molecule has 13 heavy (non-hydrogen) atoms. The summed E-state index contributed by atoms with van der Waals surface area (Å²) in [7, 11) is 1.62. The van der Waals surface area contributed by atoms with Crippen molar-refractivity contribution in [3.05, 3.63) is 0 Å². The van der Waals surface area contributed by atoms with Crippen molar-refractivity contribution < 1.29 is 9.53 Å². The predicted octanol–water partition coefficient (Wildman–Crippen LogP) is -0.638. The Kier molecular flexibility index (Phi) is 8.31. The van der Waals surface area contributed by atoms with Gasteiger partial charge in [0, 0.05) is 26.6 Å². The Morgan fingerprint density at radius 3 is 2.92 bits per heavy atom. The number of hydrogen-bond donors (Lipinski definition) is 2. The fraction of sp³-hybridized carbons (Fsp3) is 0.667. The summed E-state index contributed by atoms with van der Waals surface area (Å²) in [6.07, 6.45) is 5.59. The van der Waals surface area contributed by atoms with Gasteiger partial charge in [-0.2, -0.15) is 0 Å². The summed E-state index contributed by atoms with van der Waals surface area (Å²) >= 11 is 0. The fourth-order valence-electron chi connectivity index (χ4n) is 0.713. The van der Waals surface area contributed by atoms with Gasteiger partial charge < -0.3 is 15.4 Å². The maximum atomic E-state index is 11.0. The first-order valence-electron chi connectivity index (χ1n) is 4.21. The van der Waals surface area contributed by atoms with Gasteiger partial charge in [0.25, 0.3) is 0 Å². The SMILES string of the molecule is C#CCCNC(=O)CNCCOC. The van der Waals surface area contributed by atoms with Crippen LogP contribution in [-0.2, 0) is 9.53 Å². The Morgan fingerprint density at radius 2 is 2.31 bits per heavy atom. The third kappa shape index (κ3) is 8.86. The molecule has 0 aromatic rings. The molecular formula is C9H16N2O2. The van der Waals surface area contributed by atoms with Crippen LogP contribution in [0.15, 0.2) is 0 Å². The highest BCUT2D eigenvalue weighted by atomic mass is 16.5. The van der Waals surface area contributed by atoms with Crippen molar-refractivity contribution in [1.82, 2.24) is 10.6 Å². The molecule has 0 saturated carbocycles. The van der Waals surface area contributed by atoms with E-state index in [1.165, 1.54) is 0 Å². The summed E-state index contributed by atoms with van der Waals surface area (Å²) in [5.74, 6) is 2.41. The largest absolute Gasteiger partial charge is 0.383 e. The second kappa shape index (κ2) is 9.04. The van der Waals surface area contributed by atoms with Gasteiger partial charge in [-0.15, -0.1) is 12.3 Å². The third-order valence-electron chi connectivity index (χ3n) is 1.36. The number of amides is 1. The molecule has 0 fully saturated rings. The monoisotopic (exact) mass is 184 g/mol. The van der Waals surface area contributed by atoms with E-state index >= 15 is 0 Å². The van der Waals surface area contributed by atoms with Crippen LogP contribution in [0.1, 0.15) is 6.42 Å². The second-order valence-corrected chi connectivity index (χ2v) is 2.47. The average Bonchev–Trinajstić information content (AvgIpc) is 2.13. The van der Waals surface area contributed by atoms with Gasteiger partial charge in [-0.1, -0.05) is 0 Å². The molecule has 74 valence electrons. The number of methoxy groups -OCH3 is 1. The van der Waals surface area contributed by atoms with E-state index in [2.05, 4.69) is 16.6 Å². The third-order valence-corrected chi connectivity index (χ3v) is 1.36. The van der Waals surface area contributed by atoms with Gasteiger partial charge in [-0.25, -0.2) is 0 Å². The Balaban J connectivity index is 3.16. The quantitative estimate of drug-likeness (QED) is 0.409. The molecule has 0 spiro atoms. The van der Waals surface area contributed by atoms with Crippen molar-refractivity contribution in [3.8, 4) is 12.3 Å². The lowest BCUT2D eigenvalue weighted by molar-refractivity contribution is -0.120. The summed E-state index contributed by atoms with van der Waals surface area (Å²) in [6, 6.07) is 0. The van der Waals surface area contributed by atoms with E-state index in [0.29, 0.717) is 32.7 Å². The molecule has 0 unspecified atom stereocenters. The minimum atomic E-state index is -0.0358. The molecule has 4 heteroatoms. The molecule has 0 bridgehead atoms. The van der Waals surface area contributed by atoms with Crippen molar-refractivity contribution in [1.29, 1.82) is 0 Å². The molecule has 0 atom stereocenters. The average molecular weight is 184 g/mol. The Labute approximate surface area is 79.0 Å². The van der Waals surface area contributed by atoms with E-state index in [0.717, 1.165) is 0 Å². The molecule has 0 aliphatic rings. The van der Waals surface area contributed by atoms with Crippen LogP contribution < -0.4 is 10.6 Å². The van der Waals surface area contributed by atoms with Crippen molar-refractivity contribution in [2.75, 3.05) is 33.4 Å². The van der Waals surface area contributed by atoms with Crippen LogP contribution in [0, 0.1) is 12.3 Å². The first-order valence-corrected chi connectivity index (χ1v) is 4.21. The second-order valence-electron chi connectivity index (χ2n) is 2.47. The zero-order valence-electron chi connectivity index (χ0n) is 7.93. The molecule has 1 amide bonds. The highest BCUT2D eigenvalue weighted by Crippen LogP contribution is 1.71. The molecule has 2 N–H and O–H groups in total. The van der Waals surface area contributed by atoms with Gasteiger partial charge in [0.05, 0.1) is 13.2 Å². The number of carbonyl (C=O) groups is 1. The number of ether oxygens (including phenoxy) is 1. The lowest BCUT2D eigenvalue weighted by atomic mass is 10.4. The van der Waals surface area contributed by atoms with Gasteiger partial charge in [0.1, 0.15) is 0 Å². The van der Waals surface area contributed by atoms with E-state index in [1.807, 2.05) is 0 Å². The van der Waals surface area contributed by atoms with Crippen LogP contribution in [0.5, 0.6) is 0 Å². The van der Waals surface area contributed by atoms with Crippen LogP contribution >= 0.6 is 0 Å². The van der Waals surface area contributed by atoms with E-state index in [1.54, 1.807) is 7.11 Å². The van der Waals surface area contributed by atoms with Crippen molar-refractivity contribution >= 4 is 5.91 Å². The first-order chi connectivity index (χ1) is 6.31. The molecule has 0 aromatic heterocycles. The molecule has 0 aromatic carbocycles. The highest BCUT2D eigenvalue weighted by molar-refractivity contribution is 5.77. The van der Waals surface area contributed by atoms with Crippen LogP contribution in [0.3, 0.4) is 0 Å². The fourth-order valence-corrected chi connectivity index (χ4v) is 0.713. The Morgan fingerprint density at radius 1 is 1.54 bits per heavy atom. The van der Waals surface area contributed by atoms with E-state index in [4.69, 9.17) is 11.2 Å². The predicted molar refractivity (Wildman–Crippen MR) is 51.2 cm³/mol. The van der Waals surface area contributed by atoms with E-state index in [9.17, 15) is 4.79 Å². The standard InChI is InChI=1S/C9H16N2O2/c1-3-4-5-11-9(12)8-10-6-7-13-2/h1,10H,4-8H2,2H3,(H,11,12). The van der Waals surface area contributed by atoms with E-state index < -0.39 is 0 Å². The maximum Gasteiger partial charge on any atom is 0.233 e. The smallest absolute Gasteiger partial charge is 0.233 e. The number of hydrogen-bond acceptors (Lipinski definition) is 3. The topological polar surface area (TPSA) is 50.4 Å². The van der Waals surface area contributed by atoms with Crippen molar-refractivity contribution in [3.63, 3.8) is 0 Å². The molecule has 0 aliphatic heterocycles. The van der Waals surface area contributed by atoms with Crippen molar-refractivity contribution in [2.45, 2.75) is 6.42 Å². The zero-order chi connectivity index (χ0) is 9.94. The van der Waals surface area contributed by atoms with Gasteiger partial charge in [0.15, 0.2) is 0 Å². The lowest BCUT2D eigenvalue weighted by Crippen LogP contribution is -2.35. The normalized spacial score (nSPS) is 9.23. The zero-order valence-corrected chi connectivity index (χ0v) is 7.93. The first kappa shape index (κ1) is 11.9. The minimum Gasteiger partial charge on any atom is -0.383 e. The highest BCUT2D eigenvalue weighted by Gasteiger charge is 1.97. The summed E-state index contributed by atoms with van der Waals surface area (Å²) in [4.78, 5) is 11.0. The number of terminal acetylenes is 1. The van der Waals surface area contributed by atoms with Crippen LogP contribution in [-0.4, -0.2) is 39.3 Å². The molecule has 0 aliphatic carbocycles. The summed E-state index contributed by atoms with van der Waals surface area (Å²) in [6.45, 7) is 2.14. The van der Waals surface area contributed by atoms with Gasteiger partial charge in [-0.05, 0) is 0 Å². The van der Waals surface area contributed by atoms with Crippen molar-refractivity contribution in [2.24, 2.45) is 0 Å². The number of rotatable bonds is 7. The summed E-state index contributed by atoms with van der Waals surface area (Å²) in [5, 5.41) is 5.60. The molecular weight excluding hydrogens is 168 g/mol. The van der Waals surface area contributed by atoms with E-state index in [-0.39, 0.29) is 5.91 Å². The molecule has 0 heterocycles. The van der Waals surface area contributed by atoms with Crippen LogP contribution in [0.25, 0.3) is 0 Å². The Hall–Kier alpha value is -1.05. The Bertz CT molecular complexity index is 175. The molecule has 0 rings (SSSR count). The van der Waals surface area contributed by atoms with Crippen LogP contribution in [0.2, 0.25) is 0 Å².